The second-order valence-electron chi connectivity index (χ2n) is 6.09. The van der Waals surface area contributed by atoms with Crippen LogP contribution in [0.4, 0.5) is 0 Å². The van der Waals surface area contributed by atoms with Gasteiger partial charge in [-0.05, 0) is 51.0 Å². The van der Waals surface area contributed by atoms with Crippen LogP contribution >= 0.6 is 0 Å². The van der Waals surface area contributed by atoms with Crippen molar-refractivity contribution in [3.05, 3.63) is 0 Å². The highest BCUT2D eigenvalue weighted by Gasteiger charge is 2.38. The minimum Gasteiger partial charge on any atom is -0.381 e. The molecule has 3 nitrogen and oxygen atoms in total. The summed E-state index contributed by atoms with van der Waals surface area (Å²) in [5.41, 5.74) is 0. The van der Waals surface area contributed by atoms with Gasteiger partial charge in [-0.1, -0.05) is 0 Å². The first-order valence-corrected chi connectivity index (χ1v) is 7.37. The summed E-state index contributed by atoms with van der Waals surface area (Å²) in [6.45, 7) is 3.85. The van der Waals surface area contributed by atoms with Gasteiger partial charge in [0.2, 0.25) is 0 Å². The Kier molecular flexibility index (Phi) is 3.69. The molecule has 3 heteroatoms. The zero-order valence-electron chi connectivity index (χ0n) is 11.0. The third-order valence-corrected chi connectivity index (χ3v) is 5.08. The molecule has 0 bridgehead atoms. The summed E-state index contributed by atoms with van der Waals surface area (Å²) in [4.78, 5) is 2.75. The van der Waals surface area contributed by atoms with Gasteiger partial charge in [-0.2, -0.15) is 0 Å². The molecule has 3 rings (SSSR count). The van der Waals surface area contributed by atoms with Gasteiger partial charge < -0.3 is 10.1 Å². The molecule has 2 heterocycles. The SMILES string of the molecule is COC1CCCC(N2C[C@@H]3CCCN[C@@H]3C2)C1. The first-order chi connectivity index (χ1) is 8.36. The number of hydrogen-bond acceptors (Lipinski definition) is 3. The molecular weight excluding hydrogens is 212 g/mol. The Morgan fingerprint density at radius 1 is 1.12 bits per heavy atom. The van der Waals surface area contributed by atoms with Crippen molar-refractivity contribution in [3.63, 3.8) is 0 Å². The number of piperidine rings is 1. The fourth-order valence-electron chi connectivity index (χ4n) is 4.04. The molecule has 0 aromatic heterocycles. The molecule has 3 aliphatic rings. The molecule has 0 aromatic carbocycles. The van der Waals surface area contributed by atoms with Gasteiger partial charge in [0.15, 0.2) is 0 Å². The highest BCUT2D eigenvalue weighted by atomic mass is 16.5. The molecule has 2 saturated heterocycles. The van der Waals surface area contributed by atoms with Gasteiger partial charge in [-0.3, -0.25) is 4.90 Å². The van der Waals surface area contributed by atoms with E-state index in [0.717, 1.165) is 18.0 Å². The van der Waals surface area contributed by atoms with Gasteiger partial charge in [0.1, 0.15) is 0 Å². The van der Waals surface area contributed by atoms with Crippen LogP contribution in [0.5, 0.6) is 0 Å². The summed E-state index contributed by atoms with van der Waals surface area (Å²) >= 11 is 0. The van der Waals surface area contributed by atoms with Crippen molar-refractivity contribution < 1.29 is 4.74 Å². The van der Waals surface area contributed by atoms with Crippen LogP contribution in [0.1, 0.15) is 38.5 Å². The monoisotopic (exact) mass is 238 g/mol. The summed E-state index contributed by atoms with van der Waals surface area (Å²) < 4.78 is 5.56. The first-order valence-electron chi connectivity index (χ1n) is 7.37. The van der Waals surface area contributed by atoms with Crippen molar-refractivity contribution in [3.8, 4) is 0 Å². The van der Waals surface area contributed by atoms with Crippen LogP contribution in [0.15, 0.2) is 0 Å². The Balaban J connectivity index is 1.57. The molecule has 0 aromatic rings. The molecule has 2 unspecified atom stereocenters. The smallest absolute Gasteiger partial charge is 0.0586 e. The molecule has 0 amide bonds. The second kappa shape index (κ2) is 5.25. The number of likely N-dealkylation sites (tertiary alicyclic amines) is 1. The van der Waals surface area contributed by atoms with Crippen molar-refractivity contribution in [2.24, 2.45) is 5.92 Å². The molecule has 1 aliphatic carbocycles. The lowest BCUT2D eigenvalue weighted by Gasteiger charge is -2.34. The van der Waals surface area contributed by atoms with Crippen LogP contribution in [-0.4, -0.2) is 49.8 Å². The average Bonchev–Trinajstić information content (AvgIpc) is 2.82. The molecule has 0 spiro atoms. The van der Waals surface area contributed by atoms with E-state index in [1.165, 1.54) is 58.2 Å². The van der Waals surface area contributed by atoms with E-state index in [0.29, 0.717) is 6.10 Å². The van der Waals surface area contributed by atoms with E-state index in [-0.39, 0.29) is 0 Å². The Bertz CT molecular complexity index is 245. The third kappa shape index (κ3) is 2.51. The first kappa shape index (κ1) is 11.9. The number of ether oxygens (including phenoxy) is 1. The standard InChI is InChI=1S/C14H26N2O/c1-17-13-6-2-5-12(8-13)16-9-11-4-3-7-15-14(11)10-16/h11-15H,2-10H2,1H3/t11-,12?,13?,14+/m0/s1. The number of nitrogens with one attached hydrogen (secondary N) is 1. The van der Waals surface area contributed by atoms with Crippen LogP contribution < -0.4 is 5.32 Å². The summed E-state index contributed by atoms with van der Waals surface area (Å²) in [5.74, 6) is 0.923. The fourth-order valence-corrected chi connectivity index (χ4v) is 4.04. The second-order valence-corrected chi connectivity index (χ2v) is 6.09. The summed E-state index contributed by atoms with van der Waals surface area (Å²) in [5, 5.41) is 3.70. The molecule has 1 N–H and O–H groups in total. The number of nitrogens with zero attached hydrogens (tertiary/aromatic N) is 1. The lowest BCUT2D eigenvalue weighted by atomic mass is 9.91. The molecule has 17 heavy (non-hydrogen) atoms. The topological polar surface area (TPSA) is 24.5 Å². The average molecular weight is 238 g/mol. The maximum Gasteiger partial charge on any atom is 0.0586 e. The van der Waals surface area contributed by atoms with E-state index in [4.69, 9.17) is 4.74 Å². The highest BCUT2D eigenvalue weighted by molar-refractivity contribution is 4.95. The minimum absolute atomic E-state index is 0.518. The summed E-state index contributed by atoms with van der Waals surface area (Å²) in [7, 11) is 1.87. The normalized spacial score (nSPS) is 43.6. The maximum atomic E-state index is 5.56. The Morgan fingerprint density at radius 3 is 2.88 bits per heavy atom. The van der Waals surface area contributed by atoms with E-state index in [1.807, 2.05) is 7.11 Å². The Morgan fingerprint density at radius 2 is 2.06 bits per heavy atom. The van der Waals surface area contributed by atoms with Crippen molar-refractivity contribution in [1.29, 1.82) is 0 Å². The molecular formula is C14H26N2O. The summed E-state index contributed by atoms with van der Waals surface area (Å²) in [6.07, 6.45) is 8.60. The zero-order valence-corrected chi connectivity index (χ0v) is 11.0. The maximum absolute atomic E-state index is 5.56. The lowest BCUT2D eigenvalue weighted by Crippen LogP contribution is -2.42. The van der Waals surface area contributed by atoms with Gasteiger partial charge >= 0.3 is 0 Å². The van der Waals surface area contributed by atoms with Gasteiger partial charge in [-0.15, -0.1) is 0 Å². The van der Waals surface area contributed by atoms with E-state index >= 15 is 0 Å². The van der Waals surface area contributed by atoms with Crippen molar-refractivity contribution >= 4 is 0 Å². The van der Waals surface area contributed by atoms with Gasteiger partial charge in [0, 0.05) is 32.3 Å². The Labute approximate surface area is 105 Å². The lowest BCUT2D eigenvalue weighted by molar-refractivity contribution is 0.0329. The number of rotatable bonds is 2. The molecule has 0 radical (unpaired) electrons. The van der Waals surface area contributed by atoms with Crippen LogP contribution in [0.3, 0.4) is 0 Å². The quantitative estimate of drug-likeness (QED) is 0.791. The number of hydrogen-bond donors (Lipinski definition) is 1. The van der Waals surface area contributed by atoms with Gasteiger partial charge in [-0.25, -0.2) is 0 Å². The summed E-state index contributed by atoms with van der Waals surface area (Å²) in [6, 6.07) is 1.58. The van der Waals surface area contributed by atoms with E-state index < -0.39 is 0 Å². The number of fused-ring (bicyclic) bond motifs is 1. The third-order valence-electron chi connectivity index (χ3n) is 5.08. The fraction of sp³-hybridized carbons (Fsp3) is 1.00. The van der Waals surface area contributed by atoms with Crippen LogP contribution in [0.25, 0.3) is 0 Å². The van der Waals surface area contributed by atoms with E-state index in [1.54, 1.807) is 0 Å². The highest BCUT2D eigenvalue weighted by Crippen LogP contribution is 2.31. The largest absolute Gasteiger partial charge is 0.381 e. The van der Waals surface area contributed by atoms with E-state index in [2.05, 4.69) is 10.2 Å². The van der Waals surface area contributed by atoms with Gasteiger partial charge in [0.25, 0.3) is 0 Å². The van der Waals surface area contributed by atoms with Crippen molar-refractivity contribution in [1.82, 2.24) is 10.2 Å². The van der Waals surface area contributed by atoms with E-state index in [9.17, 15) is 0 Å². The van der Waals surface area contributed by atoms with Crippen molar-refractivity contribution in [2.45, 2.75) is 56.7 Å². The molecule has 2 aliphatic heterocycles. The zero-order chi connectivity index (χ0) is 11.7. The number of methoxy groups -OCH3 is 1. The molecule has 4 atom stereocenters. The van der Waals surface area contributed by atoms with Crippen LogP contribution in [0, 0.1) is 5.92 Å². The van der Waals surface area contributed by atoms with Crippen LogP contribution in [-0.2, 0) is 4.74 Å². The molecule has 1 saturated carbocycles. The van der Waals surface area contributed by atoms with Crippen LogP contribution in [0.2, 0.25) is 0 Å². The predicted molar refractivity (Wildman–Crippen MR) is 69.1 cm³/mol. The van der Waals surface area contributed by atoms with Crippen molar-refractivity contribution in [2.75, 3.05) is 26.7 Å². The Hall–Kier alpha value is -0.120. The minimum atomic E-state index is 0.518. The van der Waals surface area contributed by atoms with Gasteiger partial charge in [0.05, 0.1) is 6.10 Å². The molecule has 98 valence electrons. The predicted octanol–water partition coefficient (Wildman–Crippen LogP) is 1.63. The molecule has 3 fully saturated rings.